The zero-order valence-corrected chi connectivity index (χ0v) is 15.8. The lowest BCUT2D eigenvalue weighted by molar-refractivity contribution is -0.165. The highest BCUT2D eigenvalue weighted by Gasteiger charge is 2.36. The highest BCUT2D eigenvalue weighted by molar-refractivity contribution is 9.09. The average molecular weight is 385 g/mol. The maximum Gasteiger partial charge on any atom is 0.311 e. The van der Waals surface area contributed by atoms with Crippen LogP contribution in [0.2, 0.25) is 0 Å². The van der Waals surface area contributed by atoms with Gasteiger partial charge in [-0.2, -0.15) is 0 Å². The molecule has 2 rings (SSSR count). The van der Waals surface area contributed by atoms with Gasteiger partial charge in [-0.05, 0) is 39.7 Å². The lowest BCUT2D eigenvalue weighted by Crippen LogP contribution is -2.32. The minimum atomic E-state index is -0.596. The minimum absolute atomic E-state index is 0.108. The smallest absolute Gasteiger partial charge is 0.311 e. The third-order valence-electron chi connectivity index (χ3n) is 3.87. The van der Waals surface area contributed by atoms with Crippen molar-refractivity contribution in [2.45, 2.75) is 50.8 Å². The van der Waals surface area contributed by atoms with Crippen molar-refractivity contribution in [3.63, 3.8) is 0 Å². The normalized spacial score (nSPS) is 21.9. The van der Waals surface area contributed by atoms with Crippen molar-refractivity contribution in [1.82, 2.24) is 0 Å². The van der Waals surface area contributed by atoms with Crippen molar-refractivity contribution in [3.05, 3.63) is 35.9 Å². The highest BCUT2D eigenvalue weighted by atomic mass is 79.9. The molecule has 23 heavy (non-hydrogen) atoms. The molecule has 0 spiro atoms. The first-order valence-corrected chi connectivity index (χ1v) is 8.79. The molecule has 128 valence electrons. The maximum atomic E-state index is 12.4. The van der Waals surface area contributed by atoms with E-state index >= 15 is 0 Å². The molecular weight excluding hydrogens is 360 g/mol. The molecule has 1 aromatic rings. The van der Waals surface area contributed by atoms with E-state index in [2.05, 4.69) is 15.9 Å². The summed E-state index contributed by atoms with van der Waals surface area (Å²) in [5.41, 5.74) is 0.571. The summed E-state index contributed by atoms with van der Waals surface area (Å²) in [6.07, 6.45) is 0.460. The van der Waals surface area contributed by atoms with Gasteiger partial charge in [0.05, 0.1) is 12.0 Å². The second-order valence-corrected chi connectivity index (χ2v) is 8.12. The summed E-state index contributed by atoms with van der Waals surface area (Å²) in [7, 11) is 0. The molecule has 0 amide bonds. The van der Waals surface area contributed by atoms with Gasteiger partial charge < -0.3 is 14.2 Å². The molecule has 1 aromatic carbocycles. The fourth-order valence-corrected chi connectivity index (χ4v) is 3.63. The van der Waals surface area contributed by atoms with Gasteiger partial charge >= 0.3 is 5.97 Å². The van der Waals surface area contributed by atoms with E-state index in [4.69, 9.17) is 14.2 Å². The van der Waals surface area contributed by atoms with Gasteiger partial charge in [0.25, 0.3) is 0 Å². The van der Waals surface area contributed by atoms with E-state index in [9.17, 15) is 4.79 Å². The van der Waals surface area contributed by atoms with Crippen molar-refractivity contribution in [2.75, 3.05) is 13.2 Å². The predicted molar refractivity (Wildman–Crippen MR) is 92.4 cm³/mol. The van der Waals surface area contributed by atoms with Gasteiger partial charge in [0, 0.05) is 4.83 Å². The number of halogens is 1. The number of esters is 1. The monoisotopic (exact) mass is 384 g/mol. The summed E-state index contributed by atoms with van der Waals surface area (Å²) >= 11 is 3.67. The fraction of sp³-hybridized carbons (Fsp3) is 0.611. The molecule has 0 aliphatic carbocycles. The van der Waals surface area contributed by atoms with Gasteiger partial charge in [-0.15, -0.1) is 0 Å². The third kappa shape index (κ3) is 5.30. The SMILES string of the molecule is CC1(C)OCC(COC(=O)C(C)(C)CC(Br)c2ccccc2)O1. The summed E-state index contributed by atoms with van der Waals surface area (Å²) in [5, 5.41) is 0. The number of hydrogen-bond acceptors (Lipinski definition) is 4. The van der Waals surface area contributed by atoms with Crippen LogP contribution in [0.3, 0.4) is 0 Å². The van der Waals surface area contributed by atoms with Crippen LogP contribution in [-0.4, -0.2) is 31.1 Å². The Morgan fingerprint density at radius 1 is 1.39 bits per heavy atom. The Bertz CT molecular complexity index is 527. The molecule has 1 saturated heterocycles. The molecule has 5 heteroatoms. The van der Waals surface area contributed by atoms with Crippen LogP contribution in [0.1, 0.15) is 44.5 Å². The Balaban J connectivity index is 1.85. The van der Waals surface area contributed by atoms with Crippen LogP contribution in [0.15, 0.2) is 30.3 Å². The van der Waals surface area contributed by atoms with Crippen LogP contribution in [0.5, 0.6) is 0 Å². The summed E-state index contributed by atoms with van der Waals surface area (Å²) in [6, 6.07) is 10.1. The van der Waals surface area contributed by atoms with E-state index in [1.54, 1.807) is 0 Å². The molecule has 1 aliphatic heterocycles. The summed E-state index contributed by atoms with van der Waals surface area (Å²) in [5.74, 6) is -0.813. The zero-order valence-electron chi connectivity index (χ0n) is 14.2. The standard InChI is InChI=1S/C18H25BrO4/c1-17(2,10-15(19)13-8-6-5-7-9-13)16(20)21-11-14-12-22-18(3,4)23-14/h5-9,14-15H,10-12H2,1-4H3. The van der Waals surface area contributed by atoms with Crippen LogP contribution in [0, 0.1) is 5.41 Å². The number of carbonyl (C=O) groups is 1. The largest absolute Gasteiger partial charge is 0.462 e. The van der Waals surface area contributed by atoms with Gasteiger partial charge in [0.1, 0.15) is 12.7 Å². The van der Waals surface area contributed by atoms with Crippen LogP contribution < -0.4 is 0 Å². The number of hydrogen-bond donors (Lipinski definition) is 0. The van der Waals surface area contributed by atoms with Crippen LogP contribution in [0.25, 0.3) is 0 Å². The van der Waals surface area contributed by atoms with Gasteiger partial charge in [-0.1, -0.05) is 46.3 Å². The minimum Gasteiger partial charge on any atom is -0.462 e. The van der Waals surface area contributed by atoms with E-state index < -0.39 is 11.2 Å². The molecule has 4 nitrogen and oxygen atoms in total. The van der Waals surface area contributed by atoms with Gasteiger partial charge in [0.15, 0.2) is 5.79 Å². The number of rotatable bonds is 6. The second-order valence-electron chi connectivity index (χ2n) is 7.02. The van der Waals surface area contributed by atoms with Crippen molar-refractivity contribution < 1.29 is 19.0 Å². The molecule has 1 aliphatic rings. The number of alkyl halides is 1. The zero-order chi connectivity index (χ0) is 17.1. The van der Waals surface area contributed by atoms with Crippen molar-refractivity contribution in [2.24, 2.45) is 5.41 Å². The Morgan fingerprint density at radius 2 is 2.04 bits per heavy atom. The number of carbonyl (C=O) groups excluding carboxylic acids is 1. The van der Waals surface area contributed by atoms with E-state index in [1.165, 1.54) is 0 Å². The van der Waals surface area contributed by atoms with Gasteiger partial charge in [-0.25, -0.2) is 0 Å². The van der Waals surface area contributed by atoms with Gasteiger partial charge in [-0.3, -0.25) is 4.79 Å². The summed E-state index contributed by atoms with van der Waals surface area (Å²) in [4.78, 5) is 12.5. The van der Waals surface area contributed by atoms with Crippen LogP contribution >= 0.6 is 15.9 Å². The first-order valence-electron chi connectivity index (χ1n) is 7.88. The molecule has 1 fully saturated rings. The maximum absolute atomic E-state index is 12.4. The number of ether oxygens (including phenoxy) is 3. The molecular formula is C18H25BrO4. The van der Waals surface area contributed by atoms with Crippen molar-refractivity contribution >= 4 is 21.9 Å². The fourth-order valence-electron chi connectivity index (χ4n) is 2.52. The molecule has 0 saturated carbocycles. The first kappa shape index (κ1) is 18.4. The van der Waals surface area contributed by atoms with E-state index in [-0.39, 0.29) is 23.5 Å². The van der Waals surface area contributed by atoms with E-state index in [0.29, 0.717) is 13.0 Å². The lowest BCUT2D eigenvalue weighted by atomic mass is 9.86. The molecule has 2 unspecified atom stereocenters. The number of benzene rings is 1. The Morgan fingerprint density at radius 3 is 2.61 bits per heavy atom. The third-order valence-corrected chi connectivity index (χ3v) is 4.72. The van der Waals surface area contributed by atoms with Crippen LogP contribution in [0.4, 0.5) is 0 Å². The Labute approximate surface area is 146 Å². The second kappa shape index (κ2) is 7.32. The molecule has 2 atom stereocenters. The highest BCUT2D eigenvalue weighted by Crippen LogP contribution is 2.36. The van der Waals surface area contributed by atoms with Crippen molar-refractivity contribution in [1.29, 1.82) is 0 Å². The van der Waals surface area contributed by atoms with Crippen molar-refractivity contribution in [3.8, 4) is 0 Å². The molecule has 0 aromatic heterocycles. The molecule has 0 radical (unpaired) electrons. The van der Waals surface area contributed by atoms with E-state index in [0.717, 1.165) is 5.56 Å². The molecule has 0 N–H and O–H groups in total. The quantitative estimate of drug-likeness (QED) is 0.543. The van der Waals surface area contributed by atoms with Gasteiger partial charge in [0.2, 0.25) is 0 Å². The summed E-state index contributed by atoms with van der Waals surface area (Å²) in [6.45, 7) is 8.20. The lowest BCUT2D eigenvalue weighted by Gasteiger charge is -2.26. The molecule has 0 bridgehead atoms. The van der Waals surface area contributed by atoms with E-state index in [1.807, 2.05) is 58.0 Å². The first-order chi connectivity index (χ1) is 10.7. The predicted octanol–water partition coefficient (Wildman–Crippen LogP) is 4.23. The average Bonchev–Trinajstić information content (AvgIpc) is 2.84. The Hall–Kier alpha value is -0.910. The van der Waals surface area contributed by atoms with Crippen LogP contribution in [-0.2, 0) is 19.0 Å². The topological polar surface area (TPSA) is 44.8 Å². The Kier molecular flexibility index (Phi) is 5.87. The summed E-state index contributed by atoms with van der Waals surface area (Å²) < 4.78 is 16.6. The molecule has 1 heterocycles.